The maximum atomic E-state index is 13.2. The molecule has 3 nitrogen and oxygen atoms in total. The Labute approximate surface area is 82.8 Å². The fourth-order valence-electron chi connectivity index (χ4n) is 1.08. The van der Waals surface area contributed by atoms with Crippen LogP contribution in [-0.2, 0) is 0 Å². The van der Waals surface area contributed by atoms with Crippen LogP contribution in [0, 0.1) is 16.4 Å². The van der Waals surface area contributed by atoms with Crippen molar-refractivity contribution >= 4 is 12.2 Å². The van der Waals surface area contributed by atoms with Crippen molar-refractivity contribution in [1.82, 2.24) is 15.2 Å². The van der Waals surface area contributed by atoms with Crippen molar-refractivity contribution in [3.05, 3.63) is 34.6 Å². The summed E-state index contributed by atoms with van der Waals surface area (Å²) >= 11 is 4.69. The average molecular weight is 213 g/mol. The van der Waals surface area contributed by atoms with E-state index in [0.717, 1.165) is 18.2 Å². The van der Waals surface area contributed by atoms with Crippen LogP contribution >= 0.6 is 12.2 Å². The van der Waals surface area contributed by atoms with Gasteiger partial charge in [0.15, 0.2) is 5.82 Å². The maximum Gasteiger partial charge on any atom is 0.213 e. The number of H-pyrrole nitrogens is 2. The number of nitrogens with one attached hydrogen (secondary N) is 2. The predicted octanol–water partition coefficient (Wildman–Crippen LogP) is 2.41. The van der Waals surface area contributed by atoms with Gasteiger partial charge in [-0.1, -0.05) is 0 Å². The number of halogens is 2. The maximum absolute atomic E-state index is 13.2. The lowest BCUT2D eigenvalue weighted by Crippen LogP contribution is -1.88. The van der Waals surface area contributed by atoms with Crippen LogP contribution in [0.25, 0.3) is 11.4 Å². The molecular formula is C8H5F2N3S. The summed E-state index contributed by atoms with van der Waals surface area (Å²) in [7, 11) is 0. The molecule has 2 N–H and O–H groups in total. The van der Waals surface area contributed by atoms with E-state index in [4.69, 9.17) is 12.2 Å². The largest absolute Gasteiger partial charge is 0.282 e. The van der Waals surface area contributed by atoms with Crippen molar-refractivity contribution in [3.8, 4) is 11.4 Å². The Morgan fingerprint density at radius 1 is 1.21 bits per heavy atom. The number of hydrogen-bond acceptors (Lipinski definition) is 2. The van der Waals surface area contributed by atoms with E-state index < -0.39 is 11.6 Å². The van der Waals surface area contributed by atoms with Crippen LogP contribution < -0.4 is 0 Å². The third-order valence-electron chi connectivity index (χ3n) is 1.68. The smallest absolute Gasteiger partial charge is 0.213 e. The van der Waals surface area contributed by atoms with Crippen molar-refractivity contribution in [2.75, 3.05) is 0 Å². The lowest BCUT2D eigenvalue weighted by Gasteiger charge is -1.97. The van der Waals surface area contributed by atoms with Gasteiger partial charge in [0.05, 0.1) is 5.56 Å². The van der Waals surface area contributed by atoms with Crippen molar-refractivity contribution in [1.29, 1.82) is 0 Å². The highest BCUT2D eigenvalue weighted by molar-refractivity contribution is 7.71. The van der Waals surface area contributed by atoms with Crippen molar-refractivity contribution < 1.29 is 8.78 Å². The molecule has 0 saturated heterocycles. The minimum absolute atomic E-state index is 0.0531. The van der Waals surface area contributed by atoms with Gasteiger partial charge in [-0.15, -0.1) is 0 Å². The summed E-state index contributed by atoms with van der Waals surface area (Å²) in [5.41, 5.74) is 0.0531. The summed E-state index contributed by atoms with van der Waals surface area (Å²) in [6, 6.07) is 3.13. The zero-order valence-corrected chi connectivity index (χ0v) is 7.66. The summed E-state index contributed by atoms with van der Waals surface area (Å²) < 4.78 is 26.2. The first-order valence-electron chi connectivity index (χ1n) is 3.77. The first-order chi connectivity index (χ1) is 6.66. The molecular weight excluding hydrogens is 208 g/mol. The van der Waals surface area contributed by atoms with Crippen LogP contribution in [0.1, 0.15) is 0 Å². The van der Waals surface area contributed by atoms with Crippen molar-refractivity contribution in [2.24, 2.45) is 0 Å². The van der Waals surface area contributed by atoms with Gasteiger partial charge in [-0.25, -0.2) is 8.78 Å². The van der Waals surface area contributed by atoms with E-state index in [1.54, 1.807) is 0 Å². The fourth-order valence-corrected chi connectivity index (χ4v) is 1.22. The number of aromatic amines is 2. The Kier molecular flexibility index (Phi) is 2.12. The van der Waals surface area contributed by atoms with Crippen LogP contribution in [0.4, 0.5) is 8.78 Å². The van der Waals surface area contributed by atoms with E-state index in [2.05, 4.69) is 15.2 Å². The van der Waals surface area contributed by atoms with Crippen LogP contribution in [0.5, 0.6) is 0 Å². The van der Waals surface area contributed by atoms with E-state index in [1.165, 1.54) is 0 Å². The van der Waals surface area contributed by atoms with Gasteiger partial charge < -0.3 is 0 Å². The van der Waals surface area contributed by atoms with E-state index in [1.807, 2.05) is 0 Å². The van der Waals surface area contributed by atoms with Gasteiger partial charge in [0.1, 0.15) is 11.6 Å². The number of hydrogen-bond donors (Lipinski definition) is 2. The summed E-state index contributed by atoms with van der Waals surface area (Å²) in [5.74, 6) is -0.889. The second-order valence-corrected chi connectivity index (χ2v) is 3.03. The Balaban J connectivity index is 2.61. The monoisotopic (exact) mass is 213 g/mol. The second kappa shape index (κ2) is 3.30. The van der Waals surface area contributed by atoms with Crippen molar-refractivity contribution in [2.45, 2.75) is 0 Å². The zero-order valence-electron chi connectivity index (χ0n) is 6.84. The Morgan fingerprint density at radius 3 is 2.64 bits per heavy atom. The first kappa shape index (κ1) is 9.01. The Bertz CT molecular complexity index is 517. The quantitative estimate of drug-likeness (QED) is 0.714. The van der Waals surface area contributed by atoms with E-state index >= 15 is 0 Å². The van der Waals surface area contributed by atoms with E-state index in [9.17, 15) is 8.78 Å². The number of rotatable bonds is 1. The molecule has 1 aromatic heterocycles. The third kappa shape index (κ3) is 1.56. The Hall–Kier alpha value is -1.56. The molecule has 0 saturated carbocycles. The molecule has 0 amide bonds. The van der Waals surface area contributed by atoms with Gasteiger partial charge in [-0.05, 0) is 30.4 Å². The molecule has 2 aromatic rings. The summed E-state index contributed by atoms with van der Waals surface area (Å²) in [5, 5.41) is 5.05. The molecule has 0 spiro atoms. The van der Waals surface area contributed by atoms with Gasteiger partial charge in [-0.3, -0.25) is 10.2 Å². The fraction of sp³-hybridized carbons (Fsp3) is 0. The molecule has 0 unspecified atom stereocenters. The third-order valence-corrected chi connectivity index (χ3v) is 1.88. The lowest BCUT2D eigenvalue weighted by molar-refractivity contribution is 0.602. The molecule has 6 heteroatoms. The van der Waals surface area contributed by atoms with Gasteiger partial charge >= 0.3 is 0 Å². The molecule has 0 aliphatic rings. The molecule has 0 bridgehead atoms. The lowest BCUT2D eigenvalue weighted by atomic mass is 10.2. The number of benzene rings is 1. The molecule has 0 atom stereocenters. The van der Waals surface area contributed by atoms with Gasteiger partial charge in [0.2, 0.25) is 4.77 Å². The second-order valence-electron chi connectivity index (χ2n) is 2.64. The molecule has 1 heterocycles. The first-order valence-corrected chi connectivity index (χ1v) is 4.18. The summed E-state index contributed by atoms with van der Waals surface area (Å²) in [6.07, 6.45) is 0. The van der Waals surface area contributed by atoms with Crippen molar-refractivity contribution in [3.63, 3.8) is 0 Å². The topological polar surface area (TPSA) is 44.5 Å². The van der Waals surface area contributed by atoms with E-state index in [0.29, 0.717) is 0 Å². The predicted molar refractivity (Wildman–Crippen MR) is 49.1 cm³/mol. The van der Waals surface area contributed by atoms with Gasteiger partial charge in [-0.2, -0.15) is 4.98 Å². The van der Waals surface area contributed by atoms with Crippen LogP contribution in [0.3, 0.4) is 0 Å². The molecule has 0 aliphatic carbocycles. The Morgan fingerprint density at radius 2 is 2.00 bits per heavy atom. The van der Waals surface area contributed by atoms with Crippen LogP contribution in [-0.4, -0.2) is 15.2 Å². The van der Waals surface area contributed by atoms with Gasteiger partial charge in [0.25, 0.3) is 0 Å². The molecule has 72 valence electrons. The molecule has 2 rings (SSSR count). The standard InChI is InChI=1S/C8H5F2N3S/c9-4-1-2-6(10)5(3-4)7-11-8(14)13-12-7/h1-3H,(H2,11,12,13,14). The number of nitrogens with zero attached hydrogens (tertiary/aromatic N) is 1. The summed E-state index contributed by atoms with van der Waals surface area (Å²) in [4.78, 5) is 3.78. The molecule has 1 aromatic carbocycles. The molecule has 0 radical (unpaired) electrons. The highest BCUT2D eigenvalue weighted by Crippen LogP contribution is 2.19. The molecule has 14 heavy (non-hydrogen) atoms. The molecule has 0 fully saturated rings. The normalized spacial score (nSPS) is 10.4. The number of aromatic nitrogens is 3. The minimum Gasteiger partial charge on any atom is -0.282 e. The average Bonchev–Trinajstić information content (AvgIpc) is 2.56. The van der Waals surface area contributed by atoms with Gasteiger partial charge in [0, 0.05) is 0 Å². The molecule has 0 aliphatic heterocycles. The van der Waals surface area contributed by atoms with Crippen LogP contribution in [0.2, 0.25) is 0 Å². The minimum atomic E-state index is -0.552. The van der Waals surface area contributed by atoms with Crippen LogP contribution in [0.15, 0.2) is 18.2 Å². The van der Waals surface area contributed by atoms with E-state index in [-0.39, 0.29) is 16.2 Å². The highest BCUT2D eigenvalue weighted by atomic mass is 32.1. The highest BCUT2D eigenvalue weighted by Gasteiger charge is 2.08. The summed E-state index contributed by atoms with van der Waals surface area (Å²) in [6.45, 7) is 0. The SMILES string of the molecule is Fc1ccc(F)c(-c2nc(=S)[nH][nH]2)c1. The zero-order chi connectivity index (χ0) is 10.1.